The largest absolute Gasteiger partial charge is 0.463 e. The zero-order valence-corrected chi connectivity index (χ0v) is 12.5. The molecule has 1 atom stereocenters. The Kier molecular flexibility index (Phi) is 5.46. The number of unbranched alkanes of at least 4 members (excludes halogenated alkanes) is 3. The second-order valence-electron chi connectivity index (χ2n) is 5.02. The SMILES string of the molecule is CCCCCCC1OCc2c(CCl)cnc(C)c2O1. The van der Waals surface area contributed by atoms with Crippen molar-refractivity contribution >= 4 is 11.6 Å². The van der Waals surface area contributed by atoms with Gasteiger partial charge in [-0.25, -0.2) is 0 Å². The number of pyridine rings is 1. The predicted octanol–water partition coefficient (Wildman–Crippen LogP) is 4.33. The summed E-state index contributed by atoms with van der Waals surface area (Å²) in [4.78, 5) is 4.34. The molecule has 1 aromatic rings. The van der Waals surface area contributed by atoms with Crippen LogP contribution in [0.3, 0.4) is 0 Å². The topological polar surface area (TPSA) is 31.4 Å². The highest BCUT2D eigenvalue weighted by Crippen LogP contribution is 2.33. The van der Waals surface area contributed by atoms with Crippen LogP contribution in [0.2, 0.25) is 0 Å². The van der Waals surface area contributed by atoms with Gasteiger partial charge in [-0.15, -0.1) is 11.6 Å². The van der Waals surface area contributed by atoms with Crippen molar-refractivity contribution in [1.82, 2.24) is 4.98 Å². The number of aryl methyl sites for hydroxylation is 1. The normalized spacial score (nSPS) is 17.9. The number of alkyl halides is 1. The predicted molar refractivity (Wildman–Crippen MR) is 76.5 cm³/mol. The second kappa shape index (κ2) is 7.11. The van der Waals surface area contributed by atoms with Crippen LogP contribution in [-0.2, 0) is 17.2 Å². The Labute approximate surface area is 120 Å². The number of hydrogen-bond donors (Lipinski definition) is 0. The smallest absolute Gasteiger partial charge is 0.200 e. The van der Waals surface area contributed by atoms with Gasteiger partial charge in [0.1, 0.15) is 5.75 Å². The molecular formula is C15H22ClNO2. The first-order valence-electron chi connectivity index (χ1n) is 7.07. The molecule has 1 aliphatic rings. The van der Waals surface area contributed by atoms with Crippen molar-refractivity contribution in [1.29, 1.82) is 0 Å². The van der Waals surface area contributed by atoms with E-state index in [9.17, 15) is 0 Å². The Morgan fingerprint density at radius 3 is 2.95 bits per heavy atom. The highest BCUT2D eigenvalue weighted by atomic mass is 35.5. The molecule has 0 amide bonds. The van der Waals surface area contributed by atoms with E-state index in [1.807, 2.05) is 13.1 Å². The lowest BCUT2D eigenvalue weighted by molar-refractivity contribution is -0.113. The minimum Gasteiger partial charge on any atom is -0.463 e. The Bertz CT molecular complexity index is 423. The van der Waals surface area contributed by atoms with Crippen LogP contribution in [-0.4, -0.2) is 11.3 Å². The average molecular weight is 284 g/mol. The van der Waals surface area contributed by atoms with Gasteiger partial charge in [0.15, 0.2) is 6.29 Å². The molecular weight excluding hydrogens is 262 g/mol. The lowest BCUT2D eigenvalue weighted by atomic mass is 10.1. The van der Waals surface area contributed by atoms with Crippen LogP contribution in [0.15, 0.2) is 6.20 Å². The lowest BCUT2D eigenvalue weighted by Gasteiger charge is -2.28. The summed E-state index contributed by atoms with van der Waals surface area (Å²) in [6, 6.07) is 0. The minimum absolute atomic E-state index is 0.129. The molecule has 0 fully saturated rings. The fourth-order valence-corrected chi connectivity index (χ4v) is 2.56. The third kappa shape index (κ3) is 3.61. The van der Waals surface area contributed by atoms with Crippen molar-refractivity contribution in [2.45, 2.75) is 64.7 Å². The molecule has 3 nitrogen and oxygen atoms in total. The van der Waals surface area contributed by atoms with E-state index in [2.05, 4.69) is 11.9 Å². The van der Waals surface area contributed by atoms with Gasteiger partial charge in [-0.1, -0.05) is 26.2 Å². The highest BCUT2D eigenvalue weighted by molar-refractivity contribution is 6.17. The van der Waals surface area contributed by atoms with E-state index in [4.69, 9.17) is 21.1 Å². The summed E-state index contributed by atoms with van der Waals surface area (Å²) in [6.45, 7) is 4.77. The first-order chi connectivity index (χ1) is 9.26. The minimum atomic E-state index is -0.129. The maximum Gasteiger partial charge on any atom is 0.200 e. The third-order valence-electron chi connectivity index (χ3n) is 3.50. The standard InChI is InChI=1S/C15H22ClNO2/c1-3-4-5-6-7-14-18-10-13-12(8-16)9-17-11(2)15(13)19-14/h9,14H,3-8,10H2,1-2H3. The summed E-state index contributed by atoms with van der Waals surface area (Å²) in [7, 11) is 0. The Morgan fingerprint density at radius 1 is 1.37 bits per heavy atom. The first-order valence-corrected chi connectivity index (χ1v) is 7.61. The van der Waals surface area contributed by atoms with Crippen molar-refractivity contribution in [3.8, 4) is 5.75 Å². The van der Waals surface area contributed by atoms with Gasteiger partial charge < -0.3 is 9.47 Å². The van der Waals surface area contributed by atoms with Gasteiger partial charge in [0, 0.05) is 24.1 Å². The van der Waals surface area contributed by atoms with Crippen LogP contribution < -0.4 is 4.74 Å². The molecule has 4 heteroatoms. The molecule has 106 valence electrons. The summed E-state index contributed by atoms with van der Waals surface area (Å²) in [5.41, 5.74) is 2.99. The lowest BCUT2D eigenvalue weighted by Crippen LogP contribution is -2.27. The quantitative estimate of drug-likeness (QED) is 0.575. The molecule has 2 heterocycles. The van der Waals surface area contributed by atoms with E-state index in [0.717, 1.165) is 35.4 Å². The Balaban J connectivity index is 1.99. The molecule has 1 unspecified atom stereocenters. The molecule has 0 saturated carbocycles. The Hall–Kier alpha value is -0.800. The van der Waals surface area contributed by atoms with E-state index in [-0.39, 0.29) is 6.29 Å². The van der Waals surface area contributed by atoms with Crippen LogP contribution in [0.1, 0.15) is 55.8 Å². The molecule has 1 aliphatic heterocycles. The molecule has 0 saturated heterocycles. The first kappa shape index (κ1) is 14.6. The number of halogens is 1. The second-order valence-corrected chi connectivity index (χ2v) is 5.29. The van der Waals surface area contributed by atoms with E-state index < -0.39 is 0 Å². The summed E-state index contributed by atoms with van der Waals surface area (Å²) < 4.78 is 11.7. The number of aromatic nitrogens is 1. The number of hydrogen-bond acceptors (Lipinski definition) is 3. The molecule has 0 N–H and O–H groups in total. The average Bonchev–Trinajstić information content (AvgIpc) is 2.44. The molecule has 0 bridgehead atoms. The molecule has 0 radical (unpaired) electrons. The molecule has 0 aromatic carbocycles. The Morgan fingerprint density at radius 2 is 2.21 bits per heavy atom. The number of ether oxygens (including phenoxy) is 2. The van der Waals surface area contributed by atoms with Gasteiger partial charge in [0.2, 0.25) is 0 Å². The molecule has 1 aromatic heterocycles. The van der Waals surface area contributed by atoms with Crippen LogP contribution in [0, 0.1) is 6.92 Å². The molecule has 0 aliphatic carbocycles. The van der Waals surface area contributed by atoms with Crippen molar-refractivity contribution in [2.75, 3.05) is 0 Å². The fraction of sp³-hybridized carbons (Fsp3) is 0.667. The number of rotatable bonds is 6. The van der Waals surface area contributed by atoms with Crippen LogP contribution >= 0.6 is 11.6 Å². The maximum atomic E-state index is 5.94. The summed E-state index contributed by atoms with van der Waals surface area (Å²) in [5, 5.41) is 0. The number of nitrogens with zero attached hydrogens (tertiary/aromatic N) is 1. The van der Waals surface area contributed by atoms with Gasteiger partial charge in [-0.3, -0.25) is 4.98 Å². The zero-order chi connectivity index (χ0) is 13.7. The summed E-state index contributed by atoms with van der Waals surface area (Å²) in [6.07, 6.45) is 7.55. The van der Waals surface area contributed by atoms with Gasteiger partial charge in [-0.2, -0.15) is 0 Å². The summed E-state index contributed by atoms with van der Waals surface area (Å²) in [5.74, 6) is 1.33. The molecule has 2 rings (SSSR count). The van der Waals surface area contributed by atoms with Gasteiger partial charge in [-0.05, 0) is 18.9 Å². The van der Waals surface area contributed by atoms with Crippen molar-refractivity contribution in [2.24, 2.45) is 0 Å². The van der Waals surface area contributed by atoms with Crippen molar-refractivity contribution in [3.63, 3.8) is 0 Å². The molecule has 19 heavy (non-hydrogen) atoms. The molecule has 0 spiro atoms. The van der Waals surface area contributed by atoms with E-state index in [1.165, 1.54) is 19.3 Å². The highest BCUT2D eigenvalue weighted by Gasteiger charge is 2.24. The summed E-state index contributed by atoms with van der Waals surface area (Å²) >= 11 is 5.92. The number of fused-ring (bicyclic) bond motifs is 1. The van der Waals surface area contributed by atoms with Gasteiger partial charge in [0.05, 0.1) is 12.3 Å². The fourth-order valence-electron chi connectivity index (χ4n) is 2.33. The van der Waals surface area contributed by atoms with Crippen molar-refractivity contribution < 1.29 is 9.47 Å². The monoisotopic (exact) mass is 283 g/mol. The van der Waals surface area contributed by atoms with Crippen molar-refractivity contribution in [3.05, 3.63) is 23.0 Å². The van der Waals surface area contributed by atoms with Crippen LogP contribution in [0.25, 0.3) is 0 Å². The van der Waals surface area contributed by atoms with E-state index >= 15 is 0 Å². The van der Waals surface area contributed by atoms with E-state index in [0.29, 0.717) is 12.5 Å². The van der Waals surface area contributed by atoms with E-state index in [1.54, 1.807) is 0 Å². The third-order valence-corrected chi connectivity index (χ3v) is 3.79. The van der Waals surface area contributed by atoms with Gasteiger partial charge >= 0.3 is 0 Å². The zero-order valence-electron chi connectivity index (χ0n) is 11.7. The van der Waals surface area contributed by atoms with Gasteiger partial charge in [0.25, 0.3) is 0 Å². The maximum absolute atomic E-state index is 5.94. The van der Waals surface area contributed by atoms with Crippen LogP contribution in [0.5, 0.6) is 5.75 Å². The van der Waals surface area contributed by atoms with Crippen LogP contribution in [0.4, 0.5) is 0 Å².